The summed E-state index contributed by atoms with van der Waals surface area (Å²) < 4.78 is 13.2. The molecule has 0 aromatic heterocycles. The first-order valence-corrected chi connectivity index (χ1v) is 5.64. The van der Waals surface area contributed by atoms with E-state index in [2.05, 4.69) is 0 Å². The second-order valence-electron chi connectivity index (χ2n) is 4.98. The summed E-state index contributed by atoms with van der Waals surface area (Å²) in [7, 11) is 0. The number of amides is 1. The monoisotopic (exact) mass is 238 g/mol. The number of hydrogen-bond acceptors (Lipinski definition) is 2. The van der Waals surface area contributed by atoms with Crippen LogP contribution in [0.1, 0.15) is 20.8 Å². The zero-order valence-electron chi connectivity index (χ0n) is 10.5. The number of halogens is 1. The molecule has 4 heteroatoms. The van der Waals surface area contributed by atoms with Crippen molar-refractivity contribution in [3.8, 4) is 0 Å². The maximum Gasteiger partial charge on any atom is 0.232 e. The third-order valence-corrected chi connectivity index (χ3v) is 2.36. The summed E-state index contributed by atoms with van der Waals surface area (Å²) in [6.45, 7) is 6.23. The van der Waals surface area contributed by atoms with Gasteiger partial charge in [-0.1, -0.05) is 26.8 Å². The SMILES string of the molecule is CC(C)(C)C(=O)N(CCN)c1cccc(F)c1. The lowest BCUT2D eigenvalue weighted by Gasteiger charge is -2.29. The Morgan fingerprint density at radius 3 is 2.53 bits per heavy atom. The summed E-state index contributed by atoms with van der Waals surface area (Å²) in [5.74, 6) is -0.417. The van der Waals surface area contributed by atoms with Gasteiger partial charge in [0, 0.05) is 24.2 Å². The third-order valence-electron chi connectivity index (χ3n) is 2.36. The van der Waals surface area contributed by atoms with E-state index in [1.54, 1.807) is 12.1 Å². The number of anilines is 1. The molecule has 0 unspecified atom stereocenters. The Balaban J connectivity index is 3.05. The van der Waals surface area contributed by atoms with Crippen LogP contribution in [-0.4, -0.2) is 19.0 Å². The van der Waals surface area contributed by atoms with Crippen LogP contribution >= 0.6 is 0 Å². The van der Waals surface area contributed by atoms with E-state index >= 15 is 0 Å². The standard InChI is InChI=1S/C13H19FN2O/c1-13(2,3)12(17)16(8-7-15)11-6-4-5-10(14)9-11/h4-6,9H,7-8,15H2,1-3H3. The largest absolute Gasteiger partial charge is 0.329 e. The highest BCUT2D eigenvalue weighted by Crippen LogP contribution is 2.23. The van der Waals surface area contributed by atoms with E-state index in [9.17, 15) is 9.18 Å². The van der Waals surface area contributed by atoms with E-state index < -0.39 is 5.41 Å². The van der Waals surface area contributed by atoms with E-state index in [1.807, 2.05) is 20.8 Å². The van der Waals surface area contributed by atoms with Crippen LogP contribution in [0.4, 0.5) is 10.1 Å². The molecular weight excluding hydrogens is 219 g/mol. The number of carbonyl (C=O) groups excluding carboxylic acids is 1. The topological polar surface area (TPSA) is 46.3 Å². The summed E-state index contributed by atoms with van der Waals surface area (Å²) in [6, 6.07) is 6.00. The lowest BCUT2D eigenvalue weighted by molar-refractivity contribution is -0.125. The first-order chi connectivity index (χ1) is 7.86. The maximum atomic E-state index is 13.2. The molecule has 0 aliphatic rings. The number of nitrogens with two attached hydrogens (primary N) is 1. The van der Waals surface area contributed by atoms with Gasteiger partial charge in [-0.3, -0.25) is 4.79 Å². The average molecular weight is 238 g/mol. The minimum absolute atomic E-state index is 0.0615. The van der Waals surface area contributed by atoms with Gasteiger partial charge in [0.15, 0.2) is 0 Å². The van der Waals surface area contributed by atoms with Gasteiger partial charge in [0.25, 0.3) is 0 Å². The molecule has 0 saturated heterocycles. The number of benzene rings is 1. The van der Waals surface area contributed by atoms with Crippen molar-refractivity contribution in [1.29, 1.82) is 0 Å². The van der Waals surface area contributed by atoms with Crippen molar-refractivity contribution in [3.05, 3.63) is 30.1 Å². The molecule has 3 nitrogen and oxygen atoms in total. The van der Waals surface area contributed by atoms with Gasteiger partial charge >= 0.3 is 0 Å². The van der Waals surface area contributed by atoms with E-state index in [-0.39, 0.29) is 11.7 Å². The van der Waals surface area contributed by atoms with Crippen molar-refractivity contribution in [2.45, 2.75) is 20.8 Å². The van der Waals surface area contributed by atoms with Gasteiger partial charge in [0.2, 0.25) is 5.91 Å². The molecule has 0 aliphatic heterocycles. The van der Waals surface area contributed by atoms with Gasteiger partial charge in [-0.25, -0.2) is 4.39 Å². The van der Waals surface area contributed by atoms with Crippen molar-refractivity contribution in [2.24, 2.45) is 11.1 Å². The van der Waals surface area contributed by atoms with E-state index in [0.29, 0.717) is 18.8 Å². The summed E-state index contributed by atoms with van der Waals surface area (Å²) in [5, 5.41) is 0. The Kier molecular flexibility index (Phi) is 4.23. The van der Waals surface area contributed by atoms with Gasteiger partial charge in [-0.15, -0.1) is 0 Å². The molecule has 94 valence electrons. The molecule has 0 radical (unpaired) electrons. The highest BCUT2D eigenvalue weighted by atomic mass is 19.1. The molecule has 2 N–H and O–H groups in total. The second-order valence-corrected chi connectivity index (χ2v) is 4.98. The smallest absolute Gasteiger partial charge is 0.232 e. The van der Waals surface area contributed by atoms with Crippen LogP contribution in [0.3, 0.4) is 0 Å². The van der Waals surface area contributed by atoms with Crippen LogP contribution < -0.4 is 10.6 Å². The molecule has 0 spiro atoms. The molecule has 0 fully saturated rings. The van der Waals surface area contributed by atoms with E-state index in [0.717, 1.165) is 0 Å². The minimum atomic E-state index is -0.512. The van der Waals surface area contributed by atoms with Crippen molar-refractivity contribution < 1.29 is 9.18 Å². The molecular formula is C13H19FN2O. The zero-order chi connectivity index (χ0) is 13.1. The van der Waals surface area contributed by atoms with Crippen molar-refractivity contribution >= 4 is 11.6 Å². The van der Waals surface area contributed by atoms with Crippen LogP contribution in [-0.2, 0) is 4.79 Å². The van der Waals surface area contributed by atoms with Gasteiger partial charge < -0.3 is 10.6 Å². The van der Waals surface area contributed by atoms with Gasteiger partial charge in [0.1, 0.15) is 5.82 Å². The van der Waals surface area contributed by atoms with Gasteiger partial charge in [-0.2, -0.15) is 0 Å². The van der Waals surface area contributed by atoms with Crippen molar-refractivity contribution in [1.82, 2.24) is 0 Å². The average Bonchev–Trinajstić information content (AvgIpc) is 2.23. The molecule has 0 bridgehead atoms. The molecule has 0 heterocycles. The third kappa shape index (κ3) is 3.53. The lowest BCUT2D eigenvalue weighted by Crippen LogP contribution is -2.42. The van der Waals surface area contributed by atoms with Gasteiger partial charge in [0.05, 0.1) is 0 Å². The molecule has 17 heavy (non-hydrogen) atoms. The fourth-order valence-corrected chi connectivity index (χ4v) is 1.53. The summed E-state index contributed by atoms with van der Waals surface area (Å²) in [5.41, 5.74) is 5.54. The fourth-order valence-electron chi connectivity index (χ4n) is 1.53. The van der Waals surface area contributed by atoms with Crippen LogP contribution in [0.2, 0.25) is 0 Å². The Morgan fingerprint density at radius 1 is 1.41 bits per heavy atom. The predicted molar refractivity (Wildman–Crippen MR) is 67.3 cm³/mol. The molecule has 1 rings (SSSR count). The first-order valence-electron chi connectivity index (χ1n) is 5.64. The second kappa shape index (κ2) is 5.27. The van der Waals surface area contributed by atoms with Crippen LogP contribution in [0.15, 0.2) is 24.3 Å². The Hall–Kier alpha value is -1.42. The van der Waals surface area contributed by atoms with Crippen LogP contribution in [0, 0.1) is 11.2 Å². The number of carbonyl (C=O) groups is 1. The Bertz CT molecular complexity index is 399. The predicted octanol–water partition coefficient (Wildman–Crippen LogP) is 2.16. The normalized spacial score (nSPS) is 11.4. The quantitative estimate of drug-likeness (QED) is 0.877. The number of rotatable bonds is 3. The Labute approximate surface area is 101 Å². The van der Waals surface area contributed by atoms with Crippen molar-refractivity contribution in [2.75, 3.05) is 18.0 Å². The minimum Gasteiger partial charge on any atom is -0.329 e. The molecule has 0 atom stereocenters. The van der Waals surface area contributed by atoms with E-state index in [4.69, 9.17) is 5.73 Å². The molecule has 1 aromatic rings. The maximum absolute atomic E-state index is 13.2. The van der Waals surface area contributed by atoms with Crippen LogP contribution in [0.25, 0.3) is 0 Å². The summed E-state index contributed by atoms with van der Waals surface area (Å²) in [4.78, 5) is 13.7. The van der Waals surface area contributed by atoms with Crippen LogP contribution in [0.5, 0.6) is 0 Å². The zero-order valence-corrected chi connectivity index (χ0v) is 10.5. The summed E-state index contributed by atoms with van der Waals surface area (Å²) >= 11 is 0. The number of nitrogens with zero attached hydrogens (tertiary/aromatic N) is 1. The van der Waals surface area contributed by atoms with Gasteiger partial charge in [-0.05, 0) is 18.2 Å². The molecule has 0 aliphatic carbocycles. The molecule has 1 aromatic carbocycles. The molecule has 0 saturated carbocycles. The fraction of sp³-hybridized carbons (Fsp3) is 0.462. The summed E-state index contributed by atoms with van der Waals surface area (Å²) in [6.07, 6.45) is 0. The highest BCUT2D eigenvalue weighted by Gasteiger charge is 2.27. The lowest BCUT2D eigenvalue weighted by atomic mass is 9.94. The first kappa shape index (κ1) is 13.6. The van der Waals surface area contributed by atoms with Crippen molar-refractivity contribution in [3.63, 3.8) is 0 Å². The molecule has 1 amide bonds. The highest BCUT2D eigenvalue weighted by molar-refractivity contribution is 5.96. The van der Waals surface area contributed by atoms with E-state index in [1.165, 1.54) is 17.0 Å². The Morgan fingerprint density at radius 2 is 2.06 bits per heavy atom. The number of hydrogen-bond donors (Lipinski definition) is 1.